The third-order valence-electron chi connectivity index (χ3n) is 2.15. The summed E-state index contributed by atoms with van der Waals surface area (Å²) < 4.78 is 36.5. The quantitative estimate of drug-likeness (QED) is 0.554. The number of benzene rings is 1. The SMILES string of the molecule is C#CC(C)(C)c1cccc(SC(F)(F)F)c1. The van der Waals surface area contributed by atoms with E-state index in [4.69, 9.17) is 6.42 Å². The monoisotopic (exact) mass is 244 g/mol. The molecule has 0 fully saturated rings. The van der Waals surface area contributed by atoms with E-state index in [-0.39, 0.29) is 16.7 Å². The van der Waals surface area contributed by atoms with Gasteiger partial charge in [0.25, 0.3) is 0 Å². The van der Waals surface area contributed by atoms with Crippen LogP contribution in [-0.4, -0.2) is 5.51 Å². The number of hydrogen-bond donors (Lipinski definition) is 0. The van der Waals surface area contributed by atoms with Crippen LogP contribution in [0.15, 0.2) is 29.2 Å². The minimum Gasteiger partial charge on any atom is -0.160 e. The van der Waals surface area contributed by atoms with Gasteiger partial charge in [-0.15, -0.1) is 6.42 Å². The third-order valence-corrected chi connectivity index (χ3v) is 2.87. The van der Waals surface area contributed by atoms with Crippen molar-refractivity contribution >= 4 is 11.8 Å². The predicted octanol–water partition coefficient (Wildman–Crippen LogP) is 4.21. The van der Waals surface area contributed by atoms with Crippen LogP contribution in [-0.2, 0) is 5.41 Å². The van der Waals surface area contributed by atoms with Crippen LogP contribution in [0, 0.1) is 12.3 Å². The van der Waals surface area contributed by atoms with Gasteiger partial charge in [0.15, 0.2) is 0 Å². The molecule has 0 heterocycles. The van der Waals surface area contributed by atoms with Crippen LogP contribution < -0.4 is 0 Å². The fourth-order valence-electron chi connectivity index (χ4n) is 1.17. The Morgan fingerprint density at radius 3 is 2.38 bits per heavy atom. The highest BCUT2D eigenvalue weighted by atomic mass is 32.2. The Morgan fingerprint density at radius 2 is 1.88 bits per heavy atom. The molecule has 0 unspecified atom stereocenters. The number of terminal acetylenes is 1. The van der Waals surface area contributed by atoms with E-state index >= 15 is 0 Å². The summed E-state index contributed by atoms with van der Waals surface area (Å²) >= 11 is -0.127. The van der Waals surface area contributed by atoms with Gasteiger partial charge in [0, 0.05) is 4.90 Å². The van der Waals surface area contributed by atoms with Gasteiger partial charge in [0.1, 0.15) is 0 Å². The lowest BCUT2D eigenvalue weighted by Gasteiger charge is -2.18. The molecule has 86 valence electrons. The molecule has 0 radical (unpaired) electrons. The summed E-state index contributed by atoms with van der Waals surface area (Å²) in [6.45, 7) is 3.59. The van der Waals surface area contributed by atoms with Gasteiger partial charge in [0.2, 0.25) is 0 Å². The summed E-state index contributed by atoms with van der Waals surface area (Å²) in [7, 11) is 0. The molecule has 16 heavy (non-hydrogen) atoms. The fourth-order valence-corrected chi connectivity index (χ4v) is 1.77. The van der Waals surface area contributed by atoms with Gasteiger partial charge in [0.05, 0.1) is 5.41 Å². The number of alkyl halides is 3. The molecule has 0 N–H and O–H groups in total. The van der Waals surface area contributed by atoms with Crippen molar-refractivity contribution in [1.29, 1.82) is 0 Å². The van der Waals surface area contributed by atoms with Crippen LogP contribution in [0.2, 0.25) is 0 Å². The molecule has 0 saturated carbocycles. The highest BCUT2D eigenvalue weighted by Gasteiger charge is 2.29. The first-order valence-corrected chi connectivity index (χ1v) is 5.40. The summed E-state index contributed by atoms with van der Waals surface area (Å²) in [6.07, 6.45) is 5.34. The Kier molecular flexibility index (Phi) is 3.59. The molecule has 0 aromatic heterocycles. The normalized spacial score (nSPS) is 12.2. The predicted molar refractivity (Wildman–Crippen MR) is 60.2 cm³/mol. The van der Waals surface area contributed by atoms with Crippen LogP contribution in [0.3, 0.4) is 0 Å². The highest BCUT2D eigenvalue weighted by molar-refractivity contribution is 8.00. The van der Waals surface area contributed by atoms with Crippen molar-refractivity contribution in [1.82, 2.24) is 0 Å². The first-order chi connectivity index (χ1) is 7.24. The Hall–Kier alpha value is -1.08. The lowest BCUT2D eigenvalue weighted by Crippen LogP contribution is -2.13. The number of thioether (sulfide) groups is 1. The lowest BCUT2D eigenvalue weighted by molar-refractivity contribution is -0.0328. The van der Waals surface area contributed by atoms with Crippen molar-refractivity contribution in [3.8, 4) is 12.3 Å². The van der Waals surface area contributed by atoms with Crippen LogP contribution in [0.4, 0.5) is 13.2 Å². The van der Waals surface area contributed by atoms with Gasteiger partial charge >= 0.3 is 5.51 Å². The van der Waals surface area contributed by atoms with Gasteiger partial charge in [-0.3, -0.25) is 0 Å². The van der Waals surface area contributed by atoms with Crippen LogP contribution >= 0.6 is 11.8 Å². The van der Waals surface area contributed by atoms with E-state index in [0.29, 0.717) is 5.56 Å². The van der Waals surface area contributed by atoms with Crippen molar-refractivity contribution < 1.29 is 13.2 Å². The lowest BCUT2D eigenvalue weighted by atomic mass is 9.86. The Morgan fingerprint density at radius 1 is 1.25 bits per heavy atom. The smallest absolute Gasteiger partial charge is 0.160 e. The first-order valence-electron chi connectivity index (χ1n) is 4.59. The maximum Gasteiger partial charge on any atom is 0.446 e. The number of halogens is 3. The molecule has 0 bridgehead atoms. The maximum atomic E-state index is 12.2. The van der Waals surface area contributed by atoms with E-state index in [9.17, 15) is 13.2 Å². The molecule has 0 aliphatic rings. The van der Waals surface area contributed by atoms with Crippen LogP contribution in [0.1, 0.15) is 19.4 Å². The molecule has 0 atom stereocenters. The Bertz CT molecular complexity index is 413. The van der Waals surface area contributed by atoms with Gasteiger partial charge in [-0.1, -0.05) is 18.1 Å². The second-order valence-corrected chi connectivity index (χ2v) is 4.98. The third kappa shape index (κ3) is 3.49. The van der Waals surface area contributed by atoms with Crippen molar-refractivity contribution in [2.45, 2.75) is 29.7 Å². The van der Waals surface area contributed by atoms with Gasteiger partial charge in [-0.05, 0) is 43.3 Å². The average Bonchev–Trinajstić information content (AvgIpc) is 2.15. The second kappa shape index (κ2) is 4.42. The largest absolute Gasteiger partial charge is 0.446 e. The topological polar surface area (TPSA) is 0 Å². The molecule has 1 aromatic rings. The maximum absolute atomic E-state index is 12.2. The molecule has 0 amide bonds. The van der Waals surface area contributed by atoms with Crippen LogP contribution in [0.25, 0.3) is 0 Å². The van der Waals surface area contributed by atoms with E-state index < -0.39 is 10.9 Å². The molecule has 0 aliphatic carbocycles. The molecule has 0 nitrogen and oxygen atoms in total. The summed E-state index contributed by atoms with van der Waals surface area (Å²) in [5, 5.41) is 0. The summed E-state index contributed by atoms with van der Waals surface area (Å²) in [4.78, 5) is 0.160. The molecular weight excluding hydrogens is 233 g/mol. The molecular formula is C12H11F3S. The van der Waals surface area contributed by atoms with E-state index in [2.05, 4.69) is 5.92 Å². The number of hydrogen-bond acceptors (Lipinski definition) is 1. The van der Waals surface area contributed by atoms with Crippen molar-refractivity contribution in [3.63, 3.8) is 0 Å². The summed E-state index contributed by atoms with van der Waals surface area (Å²) in [5.41, 5.74) is -4.11. The van der Waals surface area contributed by atoms with Crippen molar-refractivity contribution in [3.05, 3.63) is 29.8 Å². The minimum atomic E-state index is -4.26. The van der Waals surface area contributed by atoms with Crippen LogP contribution in [0.5, 0.6) is 0 Å². The van der Waals surface area contributed by atoms with Crippen molar-refractivity contribution in [2.75, 3.05) is 0 Å². The minimum absolute atomic E-state index is 0.127. The zero-order chi connectivity index (χ0) is 12.4. The average molecular weight is 244 g/mol. The highest BCUT2D eigenvalue weighted by Crippen LogP contribution is 2.38. The molecule has 0 spiro atoms. The first kappa shape index (κ1) is 13.0. The van der Waals surface area contributed by atoms with E-state index in [1.165, 1.54) is 12.1 Å². The number of rotatable bonds is 2. The molecule has 0 aliphatic heterocycles. The Labute approximate surface area is 97.2 Å². The van der Waals surface area contributed by atoms with E-state index in [1.54, 1.807) is 26.0 Å². The molecule has 4 heteroatoms. The summed E-state index contributed by atoms with van der Waals surface area (Å²) in [5.74, 6) is 2.56. The summed E-state index contributed by atoms with van der Waals surface area (Å²) in [6, 6.07) is 6.23. The van der Waals surface area contributed by atoms with E-state index in [1.807, 2.05) is 0 Å². The van der Waals surface area contributed by atoms with Gasteiger partial charge in [-0.2, -0.15) is 13.2 Å². The molecule has 0 saturated heterocycles. The zero-order valence-electron chi connectivity index (χ0n) is 8.93. The second-order valence-electron chi connectivity index (χ2n) is 3.84. The van der Waals surface area contributed by atoms with Gasteiger partial charge in [-0.25, -0.2) is 0 Å². The zero-order valence-corrected chi connectivity index (χ0v) is 9.75. The fraction of sp³-hybridized carbons (Fsp3) is 0.333. The van der Waals surface area contributed by atoms with Crippen molar-refractivity contribution in [2.24, 2.45) is 0 Å². The van der Waals surface area contributed by atoms with E-state index in [0.717, 1.165) is 0 Å². The molecule has 1 rings (SSSR count). The molecule has 1 aromatic carbocycles. The standard InChI is InChI=1S/C12H11F3S/c1-4-11(2,3)9-6-5-7-10(8-9)16-12(13,14)15/h1,5-8H,2-3H3. The van der Waals surface area contributed by atoms with Gasteiger partial charge < -0.3 is 0 Å². The Balaban J connectivity index is 3.02.